The minimum Gasteiger partial charge on any atom is -0.303 e. The van der Waals surface area contributed by atoms with E-state index in [0.29, 0.717) is 6.04 Å². The summed E-state index contributed by atoms with van der Waals surface area (Å²) in [6.45, 7) is 6.46. The lowest BCUT2D eigenvalue weighted by molar-refractivity contribution is 0.528. The first kappa shape index (κ1) is 14.6. The molecule has 0 saturated carbocycles. The Labute approximate surface area is 126 Å². The van der Waals surface area contributed by atoms with E-state index in [-0.39, 0.29) is 0 Å². The van der Waals surface area contributed by atoms with Gasteiger partial charge in [0.15, 0.2) is 5.16 Å². The summed E-state index contributed by atoms with van der Waals surface area (Å²) in [5, 5.41) is 9.58. The van der Waals surface area contributed by atoms with Gasteiger partial charge >= 0.3 is 0 Å². The molecule has 2 aromatic rings. The molecule has 1 aromatic carbocycles. The quantitative estimate of drug-likeness (QED) is 0.752. The molecule has 102 valence electrons. The number of aromatic nitrogens is 3. The van der Waals surface area contributed by atoms with Gasteiger partial charge in [0.05, 0.1) is 0 Å². The molecule has 0 aliphatic rings. The number of nitrogens with zero attached hydrogens (tertiary/aromatic N) is 3. The largest absolute Gasteiger partial charge is 0.303 e. The van der Waals surface area contributed by atoms with Crippen LogP contribution in [-0.4, -0.2) is 14.8 Å². The highest BCUT2D eigenvalue weighted by Crippen LogP contribution is 2.26. The molecule has 0 spiro atoms. The zero-order valence-electron chi connectivity index (χ0n) is 11.4. The summed E-state index contributed by atoms with van der Waals surface area (Å²) in [7, 11) is 0. The molecule has 0 bridgehead atoms. The number of aryl methyl sites for hydroxylation is 1. The summed E-state index contributed by atoms with van der Waals surface area (Å²) in [6, 6.07) is 8.78. The van der Waals surface area contributed by atoms with Crippen LogP contribution in [0.25, 0.3) is 0 Å². The zero-order chi connectivity index (χ0) is 13.8. The van der Waals surface area contributed by atoms with E-state index >= 15 is 0 Å². The van der Waals surface area contributed by atoms with E-state index in [1.54, 1.807) is 11.8 Å². The van der Waals surface area contributed by atoms with Crippen molar-refractivity contribution in [3.8, 4) is 0 Å². The van der Waals surface area contributed by atoms with E-state index in [0.717, 1.165) is 27.6 Å². The molecule has 0 aliphatic heterocycles. The Kier molecular flexibility index (Phi) is 5.05. The fraction of sp³-hybridized carbons (Fsp3) is 0.429. The van der Waals surface area contributed by atoms with E-state index in [1.165, 1.54) is 5.56 Å². The molecule has 1 heterocycles. The summed E-state index contributed by atoms with van der Waals surface area (Å²) in [6.07, 6.45) is 0.919. The lowest BCUT2D eigenvalue weighted by Gasteiger charge is -2.12. The van der Waals surface area contributed by atoms with Crippen LogP contribution < -0.4 is 0 Å². The topological polar surface area (TPSA) is 30.7 Å². The minimum atomic E-state index is 0.398. The van der Waals surface area contributed by atoms with Crippen LogP contribution in [0.5, 0.6) is 0 Å². The summed E-state index contributed by atoms with van der Waals surface area (Å²) in [5.41, 5.74) is 1.29. The van der Waals surface area contributed by atoms with Crippen molar-refractivity contribution >= 4 is 27.7 Å². The van der Waals surface area contributed by atoms with Crippen molar-refractivity contribution in [1.82, 2.24) is 14.8 Å². The molecule has 2 rings (SSSR count). The van der Waals surface area contributed by atoms with Crippen LogP contribution in [-0.2, 0) is 12.2 Å². The normalized spacial score (nSPS) is 11.2. The van der Waals surface area contributed by atoms with E-state index in [1.807, 2.05) is 6.07 Å². The molecule has 0 N–H and O–H groups in total. The predicted molar refractivity (Wildman–Crippen MR) is 83.5 cm³/mol. The fourth-order valence-corrected chi connectivity index (χ4v) is 3.42. The lowest BCUT2D eigenvalue weighted by Crippen LogP contribution is -2.07. The molecule has 0 fully saturated rings. The molecular weight excluding hydrogens is 322 g/mol. The molecule has 0 unspecified atom stereocenters. The van der Waals surface area contributed by atoms with E-state index in [2.05, 4.69) is 69.7 Å². The standard InChI is InChI=1S/C14H18BrN3S/c1-4-13-16-17-14(18(13)10(2)3)19-9-11-6-5-7-12(15)8-11/h5-8,10H,4,9H2,1-3H3. The maximum atomic E-state index is 4.31. The van der Waals surface area contributed by atoms with Crippen LogP contribution in [0.1, 0.15) is 38.2 Å². The fourth-order valence-electron chi connectivity index (χ4n) is 1.94. The van der Waals surface area contributed by atoms with Crippen LogP contribution in [0.2, 0.25) is 0 Å². The third-order valence-corrected chi connectivity index (χ3v) is 4.33. The van der Waals surface area contributed by atoms with E-state index in [4.69, 9.17) is 0 Å². The van der Waals surface area contributed by atoms with Gasteiger partial charge in [-0.3, -0.25) is 0 Å². The Morgan fingerprint density at radius 1 is 1.32 bits per heavy atom. The van der Waals surface area contributed by atoms with Gasteiger partial charge in [0.1, 0.15) is 5.82 Å². The summed E-state index contributed by atoms with van der Waals surface area (Å²) < 4.78 is 3.34. The van der Waals surface area contributed by atoms with Gasteiger partial charge in [-0.2, -0.15) is 0 Å². The summed E-state index contributed by atoms with van der Waals surface area (Å²) in [5.74, 6) is 1.97. The Morgan fingerprint density at radius 2 is 2.11 bits per heavy atom. The Morgan fingerprint density at radius 3 is 2.74 bits per heavy atom. The van der Waals surface area contributed by atoms with Crippen LogP contribution in [0.3, 0.4) is 0 Å². The van der Waals surface area contributed by atoms with Gasteiger partial charge in [0.2, 0.25) is 0 Å². The smallest absolute Gasteiger partial charge is 0.191 e. The second-order valence-electron chi connectivity index (χ2n) is 4.63. The van der Waals surface area contributed by atoms with Gasteiger partial charge in [-0.15, -0.1) is 10.2 Å². The Bertz CT molecular complexity index is 551. The number of thioether (sulfide) groups is 1. The molecule has 0 aliphatic carbocycles. The zero-order valence-corrected chi connectivity index (χ0v) is 13.8. The molecule has 0 atom stereocenters. The van der Waals surface area contributed by atoms with Gasteiger partial charge in [-0.05, 0) is 31.5 Å². The molecule has 1 aromatic heterocycles. The number of hydrogen-bond acceptors (Lipinski definition) is 3. The molecule has 0 radical (unpaired) electrons. The van der Waals surface area contributed by atoms with Crippen molar-refractivity contribution in [2.45, 2.75) is 44.1 Å². The van der Waals surface area contributed by atoms with Gasteiger partial charge in [0.25, 0.3) is 0 Å². The van der Waals surface area contributed by atoms with Crippen molar-refractivity contribution in [2.24, 2.45) is 0 Å². The van der Waals surface area contributed by atoms with Crippen molar-refractivity contribution < 1.29 is 0 Å². The monoisotopic (exact) mass is 339 g/mol. The lowest BCUT2D eigenvalue weighted by atomic mass is 10.2. The molecular formula is C14H18BrN3S. The molecule has 0 amide bonds. The van der Waals surface area contributed by atoms with E-state index < -0.39 is 0 Å². The van der Waals surface area contributed by atoms with Crippen molar-refractivity contribution in [2.75, 3.05) is 0 Å². The maximum Gasteiger partial charge on any atom is 0.191 e. The SMILES string of the molecule is CCc1nnc(SCc2cccc(Br)c2)n1C(C)C. The average molecular weight is 340 g/mol. The molecule has 19 heavy (non-hydrogen) atoms. The van der Waals surface area contributed by atoms with Crippen molar-refractivity contribution in [3.05, 3.63) is 40.1 Å². The number of hydrogen-bond donors (Lipinski definition) is 0. The minimum absolute atomic E-state index is 0.398. The molecule has 0 saturated heterocycles. The van der Waals surface area contributed by atoms with Crippen LogP contribution in [0, 0.1) is 0 Å². The maximum absolute atomic E-state index is 4.31. The van der Waals surface area contributed by atoms with Crippen molar-refractivity contribution in [3.63, 3.8) is 0 Å². The van der Waals surface area contributed by atoms with Gasteiger partial charge in [-0.25, -0.2) is 0 Å². The van der Waals surface area contributed by atoms with E-state index in [9.17, 15) is 0 Å². The first-order chi connectivity index (χ1) is 9.11. The third-order valence-electron chi connectivity index (χ3n) is 2.82. The number of benzene rings is 1. The summed E-state index contributed by atoms with van der Waals surface area (Å²) >= 11 is 5.24. The third kappa shape index (κ3) is 3.60. The number of rotatable bonds is 5. The number of halogens is 1. The van der Waals surface area contributed by atoms with Gasteiger partial charge in [-0.1, -0.05) is 46.7 Å². The predicted octanol–water partition coefficient (Wildman–Crippen LogP) is 4.48. The Hall–Kier alpha value is -0.810. The highest BCUT2D eigenvalue weighted by atomic mass is 79.9. The molecule has 5 heteroatoms. The molecule has 3 nitrogen and oxygen atoms in total. The second kappa shape index (κ2) is 6.57. The van der Waals surface area contributed by atoms with Crippen molar-refractivity contribution in [1.29, 1.82) is 0 Å². The van der Waals surface area contributed by atoms with Gasteiger partial charge < -0.3 is 4.57 Å². The summed E-state index contributed by atoms with van der Waals surface area (Å²) in [4.78, 5) is 0. The van der Waals surface area contributed by atoms with Crippen LogP contribution in [0.4, 0.5) is 0 Å². The average Bonchev–Trinajstić information content (AvgIpc) is 2.79. The Balaban J connectivity index is 2.13. The first-order valence-electron chi connectivity index (χ1n) is 6.42. The highest BCUT2D eigenvalue weighted by Gasteiger charge is 2.13. The van der Waals surface area contributed by atoms with Crippen LogP contribution >= 0.6 is 27.7 Å². The van der Waals surface area contributed by atoms with Gasteiger partial charge in [0, 0.05) is 22.7 Å². The van der Waals surface area contributed by atoms with Crippen LogP contribution in [0.15, 0.2) is 33.9 Å². The highest BCUT2D eigenvalue weighted by molar-refractivity contribution is 9.10. The first-order valence-corrected chi connectivity index (χ1v) is 8.20. The second-order valence-corrected chi connectivity index (χ2v) is 6.49.